The number of hydrogen-bond acceptors (Lipinski definition) is 2. The first-order valence-corrected chi connectivity index (χ1v) is 9.68. The number of aliphatic hydroxyl groups is 1. The van der Waals surface area contributed by atoms with Crippen molar-refractivity contribution in [2.24, 2.45) is 39.9 Å². The van der Waals surface area contributed by atoms with Gasteiger partial charge in [0.15, 0.2) is 0 Å². The van der Waals surface area contributed by atoms with E-state index >= 15 is 0 Å². The number of carbonyl (C=O) groups is 1. The average Bonchev–Trinajstić information content (AvgIpc) is 2.78. The van der Waals surface area contributed by atoms with Crippen molar-refractivity contribution in [2.45, 2.75) is 71.6 Å². The maximum absolute atomic E-state index is 11.7. The Bertz CT molecular complexity index is 517. The molecule has 4 aliphatic carbocycles. The second kappa shape index (κ2) is 4.97. The van der Waals surface area contributed by atoms with Crippen LogP contribution < -0.4 is 0 Å². The highest BCUT2D eigenvalue weighted by Gasteiger charge is 2.65. The molecule has 23 heavy (non-hydrogen) atoms. The van der Waals surface area contributed by atoms with Crippen molar-refractivity contribution in [1.82, 2.24) is 0 Å². The van der Waals surface area contributed by atoms with Gasteiger partial charge in [0, 0.05) is 6.61 Å². The van der Waals surface area contributed by atoms with Crippen LogP contribution in [0.5, 0.6) is 0 Å². The normalized spacial score (nSPS) is 55.1. The highest BCUT2D eigenvalue weighted by atomic mass is 16.4. The molecule has 4 saturated carbocycles. The molecule has 2 bridgehead atoms. The first-order valence-electron chi connectivity index (χ1n) is 9.68. The fourth-order valence-electron chi connectivity index (χ4n) is 8.06. The van der Waals surface area contributed by atoms with Gasteiger partial charge in [-0.15, -0.1) is 0 Å². The molecule has 4 aliphatic rings. The van der Waals surface area contributed by atoms with E-state index < -0.39 is 5.97 Å². The summed E-state index contributed by atoms with van der Waals surface area (Å²) >= 11 is 0. The zero-order chi connectivity index (χ0) is 16.5. The summed E-state index contributed by atoms with van der Waals surface area (Å²) in [6.45, 7) is 5.10. The Hall–Kier alpha value is -0.570. The van der Waals surface area contributed by atoms with E-state index in [2.05, 4.69) is 13.8 Å². The number of carboxylic acid groups (broad SMARTS) is 1. The van der Waals surface area contributed by atoms with Gasteiger partial charge in [0.2, 0.25) is 0 Å². The highest BCUT2D eigenvalue weighted by Crippen LogP contribution is 2.72. The lowest BCUT2D eigenvalue weighted by molar-refractivity contribution is -0.159. The molecule has 0 aromatic heterocycles. The molecule has 0 unspecified atom stereocenters. The summed E-state index contributed by atoms with van der Waals surface area (Å²) in [4.78, 5) is 11.7. The Morgan fingerprint density at radius 3 is 2.52 bits per heavy atom. The smallest absolute Gasteiger partial charge is 0.306 e. The van der Waals surface area contributed by atoms with E-state index in [1.807, 2.05) is 0 Å². The van der Waals surface area contributed by atoms with E-state index in [1.54, 1.807) is 0 Å². The van der Waals surface area contributed by atoms with Crippen molar-refractivity contribution in [3.05, 3.63) is 0 Å². The number of aliphatic carboxylic acids is 1. The van der Waals surface area contributed by atoms with E-state index in [9.17, 15) is 15.0 Å². The van der Waals surface area contributed by atoms with Gasteiger partial charge in [-0.05, 0) is 85.4 Å². The minimum Gasteiger partial charge on any atom is -0.481 e. The molecule has 0 aromatic rings. The van der Waals surface area contributed by atoms with Crippen molar-refractivity contribution >= 4 is 5.97 Å². The number of carboxylic acids is 1. The molecule has 3 nitrogen and oxygen atoms in total. The average molecular weight is 320 g/mol. The van der Waals surface area contributed by atoms with Crippen LogP contribution >= 0.6 is 0 Å². The summed E-state index contributed by atoms with van der Waals surface area (Å²) in [6, 6.07) is 0. The molecule has 0 heterocycles. The fourth-order valence-corrected chi connectivity index (χ4v) is 8.06. The van der Waals surface area contributed by atoms with E-state index in [0.717, 1.165) is 25.7 Å². The van der Waals surface area contributed by atoms with Crippen LogP contribution in [0, 0.1) is 39.9 Å². The quantitative estimate of drug-likeness (QED) is 0.805. The Morgan fingerprint density at radius 1 is 1.04 bits per heavy atom. The van der Waals surface area contributed by atoms with Crippen LogP contribution in [0.4, 0.5) is 0 Å². The minimum atomic E-state index is -0.552. The molecule has 0 saturated heterocycles. The Morgan fingerprint density at radius 2 is 1.83 bits per heavy atom. The molecule has 4 fully saturated rings. The third-order valence-corrected chi connectivity index (χ3v) is 8.94. The van der Waals surface area contributed by atoms with Crippen molar-refractivity contribution in [1.29, 1.82) is 0 Å². The maximum Gasteiger partial charge on any atom is 0.306 e. The molecule has 0 radical (unpaired) electrons. The van der Waals surface area contributed by atoms with Crippen LogP contribution in [0.3, 0.4) is 0 Å². The lowest BCUT2D eigenvalue weighted by Gasteiger charge is -2.64. The Kier molecular flexibility index (Phi) is 3.44. The first-order chi connectivity index (χ1) is 10.8. The minimum absolute atomic E-state index is 0.0796. The van der Waals surface area contributed by atoms with E-state index in [-0.39, 0.29) is 11.3 Å². The summed E-state index contributed by atoms with van der Waals surface area (Å²) in [5, 5.41) is 19.7. The van der Waals surface area contributed by atoms with Crippen LogP contribution in [0.15, 0.2) is 0 Å². The predicted octanol–water partition coefficient (Wildman–Crippen LogP) is 4.09. The number of rotatable bonds is 2. The van der Waals surface area contributed by atoms with Crippen LogP contribution in [-0.2, 0) is 4.79 Å². The van der Waals surface area contributed by atoms with Gasteiger partial charge in [-0.1, -0.05) is 20.3 Å². The topological polar surface area (TPSA) is 57.5 Å². The molecule has 2 N–H and O–H groups in total. The van der Waals surface area contributed by atoms with Gasteiger partial charge in [-0.3, -0.25) is 4.79 Å². The van der Waals surface area contributed by atoms with Gasteiger partial charge in [-0.2, -0.15) is 0 Å². The van der Waals surface area contributed by atoms with Gasteiger partial charge in [0.05, 0.1) is 5.92 Å². The third-order valence-electron chi connectivity index (χ3n) is 8.94. The third kappa shape index (κ3) is 2.01. The number of hydrogen-bond donors (Lipinski definition) is 2. The first kappa shape index (κ1) is 15.9. The van der Waals surface area contributed by atoms with Gasteiger partial charge >= 0.3 is 5.97 Å². The van der Waals surface area contributed by atoms with Gasteiger partial charge in [0.25, 0.3) is 0 Å². The van der Waals surface area contributed by atoms with Crippen LogP contribution in [-0.4, -0.2) is 22.8 Å². The highest BCUT2D eigenvalue weighted by molar-refractivity contribution is 5.71. The standard InChI is InChI=1S/C20H32O3/c1-18(12-21)7-3-8-19(2)15(18)6-9-20-10-13(4-5-16(19)20)14(11-20)17(22)23/h13-16,21H,3-12H2,1-2H3,(H,22,23)/t13-,14-,15-,16+,18+,19-,20+/m1/s1. The molecular weight excluding hydrogens is 288 g/mol. The zero-order valence-electron chi connectivity index (χ0n) is 14.7. The molecule has 1 spiro atoms. The molecule has 130 valence electrons. The second-order valence-electron chi connectivity index (χ2n) is 9.87. The SMILES string of the molecule is C[C@@]1(CO)CCC[C@]2(C)[C@@H]1CC[C@@]13C[C@@H](CC[C@H]12)[C@H](C(=O)O)C3. The summed E-state index contributed by atoms with van der Waals surface area (Å²) in [5.74, 6) is 1.08. The predicted molar refractivity (Wildman–Crippen MR) is 88.9 cm³/mol. The summed E-state index contributed by atoms with van der Waals surface area (Å²) < 4.78 is 0. The number of aliphatic hydroxyl groups excluding tert-OH is 1. The van der Waals surface area contributed by atoms with E-state index in [0.29, 0.717) is 35.2 Å². The van der Waals surface area contributed by atoms with Crippen LogP contribution in [0.1, 0.15) is 71.6 Å². The molecule has 0 aliphatic heterocycles. The van der Waals surface area contributed by atoms with Crippen molar-refractivity contribution < 1.29 is 15.0 Å². The largest absolute Gasteiger partial charge is 0.481 e. The molecule has 0 aromatic carbocycles. The zero-order valence-corrected chi connectivity index (χ0v) is 14.7. The molecule has 7 atom stereocenters. The Balaban J connectivity index is 1.69. The van der Waals surface area contributed by atoms with E-state index in [1.165, 1.54) is 32.1 Å². The molecular formula is C20H32O3. The van der Waals surface area contributed by atoms with Gasteiger partial charge in [-0.25, -0.2) is 0 Å². The molecule has 0 amide bonds. The lowest BCUT2D eigenvalue weighted by Crippen LogP contribution is -2.57. The number of fused-ring (bicyclic) bond motifs is 3. The second-order valence-corrected chi connectivity index (χ2v) is 9.87. The van der Waals surface area contributed by atoms with Crippen LogP contribution in [0.25, 0.3) is 0 Å². The molecule has 3 heteroatoms. The summed E-state index contributed by atoms with van der Waals surface area (Å²) in [6.07, 6.45) is 10.5. The Labute approximate surface area is 139 Å². The van der Waals surface area contributed by atoms with E-state index in [4.69, 9.17) is 0 Å². The van der Waals surface area contributed by atoms with Crippen molar-refractivity contribution in [2.75, 3.05) is 6.61 Å². The lowest BCUT2D eigenvalue weighted by atomic mass is 9.41. The van der Waals surface area contributed by atoms with Crippen LogP contribution in [0.2, 0.25) is 0 Å². The van der Waals surface area contributed by atoms with Crippen molar-refractivity contribution in [3.8, 4) is 0 Å². The summed E-state index contributed by atoms with van der Waals surface area (Å²) in [7, 11) is 0. The fraction of sp³-hybridized carbons (Fsp3) is 0.950. The molecule has 4 rings (SSSR count). The van der Waals surface area contributed by atoms with Gasteiger partial charge in [0.1, 0.15) is 0 Å². The summed E-state index contributed by atoms with van der Waals surface area (Å²) in [5.41, 5.74) is 0.688. The monoisotopic (exact) mass is 320 g/mol. The maximum atomic E-state index is 11.7. The van der Waals surface area contributed by atoms with Gasteiger partial charge < -0.3 is 10.2 Å². The van der Waals surface area contributed by atoms with Crippen molar-refractivity contribution in [3.63, 3.8) is 0 Å².